The summed E-state index contributed by atoms with van der Waals surface area (Å²) in [6.45, 7) is 12.3. The van der Waals surface area contributed by atoms with Gasteiger partial charge >= 0.3 is 0 Å². The van der Waals surface area contributed by atoms with E-state index in [1.54, 1.807) is 0 Å². The third-order valence-corrected chi connectivity index (χ3v) is 6.79. The molecule has 0 amide bonds. The Morgan fingerprint density at radius 2 is 1.72 bits per heavy atom. The molecule has 2 aromatic carbocycles. The molecule has 1 heterocycles. The normalized spacial score (nSPS) is 20.1. The van der Waals surface area contributed by atoms with Crippen molar-refractivity contribution in [3.63, 3.8) is 0 Å². The van der Waals surface area contributed by atoms with Crippen LogP contribution in [0.4, 0.5) is 11.4 Å². The number of fused-ring (bicyclic) bond motifs is 1. The maximum Gasteiger partial charge on any atom is 0.0540 e. The van der Waals surface area contributed by atoms with E-state index in [0.717, 1.165) is 49.4 Å². The molecule has 32 heavy (non-hydrogen) atoms. The Labute approximate surface area is 199 Å². The molecule has 0 saturated heterocycles. The fourth-order valence-corrected chi connectivity index (χ4v) is 4.96. The van der Waals surface area contributed by atoms with E-state index >= 15 is 0 Å². The van der Waals surface area contributed by atoms with E-state index in [1.807, 2.05) is 26.0 Å². The minimum atomic E-state index is -0.135. The smallest absolute Gasteiger partial charge is 0.0540 e. The van der Waals surface area contributed by atoms with E-state index in [2.05, 4.69) is 79.4 Å². The molecule has 1 fully saturated rings. The summed E-state index contributed by atoms with van der Waals surface area (Å²) in [4.78, 5) is 5.55. The van der Waals surface area contributed by atoms with Crippen molar-refractivity contribution in [1.82, 2.24) is 0 Å². The number of benzene rings is 2. The Bertz CT molecular complexity index is 942. The highest BCUT2D eigenvalue weighted by Gasteiger charge is 2.29. The van der Waals surface area contributed by atoms with Crippen LogP contribution in [0.15, 0.2) is 65.7 Å². The second-order valence-corrected chi connectivity index (χ2v) is 9.08. The lowest BCUT2D eigenvalue weighted by Gasteiger charge is -2.36. The third kappa shape index (κ3) is 5.41. The molecule has 1 aliphatic heterocycles. The van der Waals surface area contributed by atoms with Crippen molar-refractivity contribution >= 4 is 29.6 Å². The zero-order valence-electron chi connectivity index (χ0n) is 20.0. The van der Waals surface area contributed by atoms with Gasteiger partial charge in [-0.1, -0.05) is 26.5 Å². The van der Waals surface area contributed by atoms with Gasteiger partial charge in [0.1, 0.15) is 0 Å². The van der Waals surface area contributed by atoms with Crippen molar-refractivity contribution < 1.29 is 5.11 Å². The Kier molecular flexibility index (Phi) is 8.50. The Morgan fingerprint density at radius 3 is 2.34 bits per heavy atom. The van der Waals surface area contributed by atoms with Gasteiger partial charge in [0.2, 0.25) is 0 Å². The number of rotatable bonds is 5. The van der Waals surface area contributed by atoms with Crippen molar-refractivity contribution in [2.45, 2.75) is 64.0 Å². The summed E-state index contributed by atoms with van der Waals surface area (Å²) in [5, 5.41) is 9.97. The van der Waals surface area contributed by atoms with E-state index in [-0.39, 0.29) is 6.10 Å². The number of anilines is 2. The SMILES string of the molecule is C=C1C=C(C2CCC(O)CC2)c2cc(CN(C)c3ccc(S)cc3)ccc2N1CC.CC. The average molecular weight is 451 g/mol. The van der Waals surface area contributed by atoms with Crippen LogP contribution in [0.25, 0.3) is 5.57 Å². The zero-order valence-corrected chi connectivity index (χ0v) is 20.9. The van der Waals surface area contributed by atoms with Gasteiger partial charge in [-0.15, -0.1) is 12.6 Å². The highest BCUT2D eigenvalue weighted by molar-refractivity contribution is 7.80. The Balaban J connectivity index is 0.00000141. The van der Waals surface area contributed by atoms with E-state index in [9.17, 15) is 5.11 Å². The van der Waals surface area contributed by atoms with Gasteiger partial charge in [0.25, 0.3) is 0 Å². The molecule has 4 rings (SSSR count). The zero-order chi connectivity index (χ0) is 23.3. The molecule has 1 aliphatic carbocycles. The largest absolute Gasteiger partial charge is 0.393 e. The number of aliphatic hydroxyl groups excluding tert-OH is 1. The molecule has 3 nitrogen and oxygen atoms in total. The molecular weight excluding hydrogens is 412 g/mol. The summed E-state index contributed by atoms with van der Waals surface area (Å²) in [6, 6.07) is 15.2. The highest BCUT2D eigenvalue weighted by atomic mass is 32.1. The van der Waals surface area contributed by atoms with Gasteiger partial charge in [-0.2, -0.15) is 0 Å². The molecule has 2 aromatic rings. The summed E-state index contributed by atoms with van der Waals surface area (Å²) in [5.74, 6) is 0.499. The predicted molar refractivity (Wildman–Crippen MR) is 142 cm³/mol. The first kappa shape index (κ1) is 24.5. The van der Waals surface area contributed by atoms with E-state index in [0.29, 0.717) is 5.92 Å². The molecule has 2 aliphatic rings. The molecule has 0 bridgehead atoms. The van der Waals surface area contributed by atoms with Gasteiger partial charge in [0.05, 0.1) is 6.10 Å². The molecule has 0 radical (unpaired) electrons. The van der Waals surface area contributed by atoms with Crippen LogP contribution < -0.4 is 9.80 Å². The first-order valence-corrected chi connectivity index (χ1v) is 12.4. The lowest BCUT2D eigenvalue weighted by Crippen LogP contribution is -2.27. The number of likely N-dealkylation sites (N-methyl/N-ethyl adjacent to an activating group) is 1. The number of aliphatic hydroxyl groups is 1. The van der Waals surface area contributed by atoms with Crippen LogP contribution in [0.1, 0.15) is 57.6 Å². The summed E-state index contributed by atoms with van der Waals surface area (Å²) in [6.07, 6.45) is 6.03. The fraction of sp³-hybridized carbons (Fsp3) is 0.429. The summed E-state index contributed by atoms with van der Waals surface area (Å²) < 4.78 is 0. The average Bonchev–Trinajstić information content (AvgIpc) is 2.81. The van der Waals surface area contributed by atoms with Gasteiger partial charge in [0.15, 0.2) is 0 Å². The van der Waals surface area contributed by atoms with Crippen LogP contribution in [-0.4, -0.2) is 24.8 Å². The first-order valence-electron chi connectivity index (χ1n) is 12.0. The van der Waals surface area contributed by atoms with Crippen molar-refractivity contribution in [3.05, 3.63) is 71.9 Å². The molecule has 172 valence electrons. The molecule has 1 N–H and O–H groups in total. The summed E-state index contributed by atoms with van der Waals surface area (Å²) in [5.41, 5.74) is 7.56. The molecule has 0 spiro atoms. The van der Waals surface area contributed by atoms with Gasteiger partial charge < -0.3 is 14.9 Å². The Hall–Kier alpha value is -2.17. The topological polar surface area (TPSA) is 26.7 Å². The number of hydrogen-bond donors (Lipinski definition) is 2. The minimum absolute atomic E-state index is 0.135. The first-order chi connectivity index (χ1) is 15.5. The van der Waals surface area contributed by atoms with Crippen LogP contribution in [0, 0.1) is 5.92 Å². The predicted octanol–water partition coefficient (Wildman–Crippen LogP) is 6.93. The molecule has 0 atom stereocenters. The minimum Gasteiger partial charge on any atom is -0.393 e. The lowest BCUT2D eigenvalue weighted by molar-refractivity contribution is 0.119. The monoisotopic (exact) mass is 450 g/mol. The third-order valence-electron chi connectivity index (χ3n) is 6.49. The number of hydrogen-bond acceptors (Lipinski definition) is 4. The van der Waals surface area contributed by atoms with Crippen LogP contribution in [0.5, 0.6) is 0 Å². The van der Waals surface area contributed by atoms with Crippen molar-refractivity contribution in [1.29, 1.82) is 0 Å². The van der Waals surface area contributed by atoms with Gasteiger partial charge in [-0.25, -0.2) is 0 Å². The number of allylic oxidation sites excluding steroid dienone is 2. The maximum atomic E-state index is 9.97. The second kappa shape index (κ2) is 11.1. The van der Waals surface area contributed by atoms with Crippen LogP contribution >= 0.6 is 12.6 Å². The second-order valence-electron chi connectivity index (χ2n) is 8.56. The lowest BCUT2D eigenvalue weighted by atomic mass is 9.77. The fourth-order valence-electron chi connectivity index (χ4n) is 4.81. The molecular formula is C28H38N2OS. The maximum absolute atomic E-state index is 9.97. The van der Waals surface area contributed by atoms with Crippen LogP contribution in [0.2, 0.25) is 0 Å². The van der Waals surface area contributed by atoms with E-state index < -0.39 is 0 Å². The Morgan fingerprint density at radius 1 is 1.06 bits per heavy atom. The van der Waals surface area contributed by atoms with E-state index in [4.69, 9.17) is 0 Å². The van der Waals surface area contributed by atoms with Crippen LogP contribution in [0.3, 0.4) is 0 Å². The van der Waals surface area contributed by atoms with Crippen molar-refractivity contribution in [3.8, 4) is 0 Å². The molecule has 0 unspecified atom stereocenters. The molecule has 1 saturated carbocycles. The van der Waals surface area contributed by atoms with Gasteiger partial charge in [-0.3, -0.25) is 0 Å². The quantitative estimate of drug-likeness (QED) is 0.484. The van der Waals surface area contributed by atoms with Gasteiger partial charge in [-0.05, 0) is 92.1 Å². The van der Waals surface area contributed by atoms with Crippen LogP contribution in [-0.2, 0) is 6.54 Å². The standard InChI is InChI=1S/C26H32N2OS.C2H6/c1-4-28-18(2)15-24(20-6-10-22(29)11-7-20)25-16-19(5-14-26(25)28)17-27(3)21-8-12-23(30)13-9-21;1-2/h5,8-9,12-16,20,22,29-30H,2,4,6-7,10-11,17H2,1,3H3;1-2H3. The molecule has 4 heteroatoms. The summed E-state index contributed by atoms with van der Waals surface area (Å²) in [7, 11) is 2.13. The number of nitrogens with zero attached hydrogens (tertiary/aromatic N) is 2. The van der Waals surface area contributed by atoms with E-state index in [1.165, 1.54) is 28.1 Å². The van der Waals surface area contributed by atoms with Gasteiger partial charge in [0, 0.05) is 47.7 Å². The van der Waals surface area contributed by atoms with Crippen molar-refractivity contribution in [2.75, 3.05) is 23.4 Å². The number of thiol groups is 1. The molecule has 0 aromatic heterocycles. The van der Waals surface area contributed by atoms with Crippen molar-refractivity contribution in [2.24, 2.45) is 5.92 Å². The summed E-state index contributed by atoms with van der Waals surface area (Å²) >= 11 is 4.39. The highest BCUT2D eigenvalue weighted by Crippen LogP contribution is 2.44.